The topological polar surface area (TPSA) is 53.1 Å². The molecule has 1 aromatic heterocycles. The first-order valence-corrected chi connectivity index (χ1v) is 4.50. The van der Waals surface area contributed by atoms with E-state index in [0.717, 1.165) is 12.1 Å². The molecule has 1 heterocycles. The molecule has 1 aromatic rings. The Morgan fingerprint density at radius 1 is 1.62 bits per heavy atom. The third kappa shape index (κ3) is 3.06. The Balaban J connectivity index is 2.37. The van der Waals surface area contributed by atoms with Gasteiger partial charge < -0.3 is 10.5 Å². The van der Waals surface area contributed by atoms with Crippen LogP contribution < -0.4 is 5.73 Å². The molecule has 0 saturated heterocycles. The molecule has 4 heteroatoms. The molecule has 0 amide bonds. The van der Waals surface area contributed by atoms with Gasteiger partial charge in [0.15, 0.2) is 0 Å². The highest BCUT2D eigenvalue weighted by Gasteiger charge is 2.00. The lowest BCUT2D eigenvalue weighted by Crippen LogP contribution is -2.10. The molecule has 0 spiro atoms. The van der Waals surface area contributed by atoms with Crippen molar-refractivity contribution in [3.8, 4) is 0 Å². The summed E-state index contributed by atoms with van der Waals surface area (Å²) < 4.78 is 7.21. The zero-order valence-corrected chi connectivity index (χ0v) is 8.45. The molecule has 0 aliphatic heterocycles. The van der Waals surface area contributed by atoms with E-state index in [1.54, 1.807) is 0 Å². The van der Waals surface area contributed by atoms with Crippen LogP contribution in [0.15, 0.2) is 6.20 Å². The van der Waals surface area contributed by atoms with Crippen molar-refractivity contribution < 1.29 is 4.74 Å². The van der Waals surface area contributed by atoms with Gasteiger partial charge in [0.1, 0.15) is 5.82 Å². The number of aromatic nitrogens is 2. The number of aryl methyl sites for hydroxylation is 1. The molecule has 0 bridgehead atoms. The number of rotatable bonds is 4. The number of nitrogen functional groups attached to an aromatic ring is 1. The Labute approximate surface area is 78.7 Å². The van der Waals surface area contributed by atoms with Crippen LogP contribution in [0.25, 0.3) is 0 Å². The fraction of sp³-hybridized carbons (Fsp3) is 0.667. The van der Waals surface area contributed by atoms with Crippen LogP contribution in [0, 0.1) is 6.92 Å². The molecule has 0 aliphatic rings. The lowest BCUT2D eigenvalue weighted by molar-refractivity contribution is 0.0710. The summed E-state index contributed by atoms with van der Waals surface area (Å²) in [7, 11) is 0. The summed E-state index contributed by atoms with van der Waals surface area (Å²) >= 11 is 0. The summed E-state index contributed by atoms with van der Waals surface area (Å²) in [5.41, 5.74) is 6.62. The maximum Gasteiger partial charge on any atom is 0.148 e. The minimum atomic E-state index is 0.272. The molecule has 74 valence electrons. The maximum atomic E-state index is 5.60. The van der Waals surface area contributed by atoms with Crippen molar-refractivity contribution in [2.75, 3.05) is 12.3 Å². The smallest absolute Gasteiger partial charge is 0.148 e. The molecule has 0 atom stereocenters. The van der Waals surface area contributed by atoms with Gasteiger partial charge in [0.05, 0.1) is 19.3 Å². The van der Waals surface area contributed by atoms with Crippen LogP contribution in [0.3, 0.4) is 0 Å². The molecule has 0 unspecified atom stereocenters. The van der Waals surface area contributed by atoms with Gasteiger partial charge in [-0.2, -0.15) is 5.10 Å². The van der Waals surface area contributed by atoms with E-state index in [4.69, 9.17) is 10.5 Å². The Bertz CT molecular complexity index is 248. The van der Waals surface area contributed by atoms with Crippen molar-refractivity contribution >= 4 is 5.82 Å². The first kappa shape index (κ1) is 10.1. The third-order valence-electron chi connectivity index (χ3n) is 1.75. The van der Waals surface area contributed by atoms with Crippen molar-refractivity contribution in [1.82, 2.24) is 9.78 Å². The second kappa shape index (κ2) is 4.28. The van der Waals surface area contributed by atoms with Crippen molar-refractivity contribution in [2.45, 2.75) is 33.4 Å². The normalized spacial score (nSPS) is 11.1. The Morgan fingerprint density at radius 2 is 2.31 bits per heavy atom. The van der Waals surface area contributed by atoms with Crippen LogP contribution in [0.4, 0.5) is 5.82 Å². The quantitative estimate of drug-likeness (QED) is 0.763. The predicted octanol–water partition coefficient (Wildman–Crippen LogP) is 1.20. The largest absolute Gasteiger partial charge is 0.382 e. The van der Waals surface area contributed by atoms with E-state index in [0.29, 0.717) is 12.4 Å². The number of ether oxygens (including phenoxy) is 1. The van der Waals surface area contributed by atoms with Gasteiger partial charge in [-0.15, -0.1) is 0 Å². The SMILES string of the molecule is Cc1cn(CCOC(C)C)nc1N. The number of anilines is 1. The van der Waals surface area contributed by atoms with Gasteiger partial charge in [-0.3, -0.25) is 4.68 Å². The molecule has 2 N–H and O–H groups in total. The molecule has 0 radical (unpaired) electrons. The van der Waals surface area contributed by atoms with Gasteiger partial charge in [0, 0.05) is 11.8 Å². The van der Waals surface area contributed by atoms with Crippen LogP contribution in [-0.4, -0.2) is 22.5 Å². The second-order valence-electron chi connectivity index (χ2n) is 3.38. The van der Waals surface area contributed by atoms with Gasteiger partial charge in [-0.1, -0.05) is 0 Å². The molecular formula is C9H17N3O. The first-order valence-electron chi connectivity index (χ1n) is 4.50. The molecule has 0 aliphatic carbocycles. The summed E-state index contributed by atoms with van der Waals surface area (Å²) in [5, 5.41) is 4.12. The van der Waals surface area contributed by atoms with E-state index in [9.17, 15) is 0 Å². The van der Waals surface area contributed by atoms with Crippen molar-refractivity contribution in [2.24, 2.45) is 0 Å². The van der Waals surface area contributed by atoms with E-state index in [-0.39, 0.29) is 6.10 Å². The number of hydrogen-bond donors (Lipinski definition) is 1. The van der Waals surface area contributed by atoms with Crippen molar-refractivity contribution in [1.29, 1.82) is 0 Å². The minimum Gasteiger partial charge on any atom is -0.382 e. The van der Waals surface area contributed by atoms with Crippen molar-refractivity contribution in [3.05, 3.63) is 11.8 Å². The number of nitrogens with zero attached hydrogens (tertiary/aromatic N) is 2. The summed E-state index contributed by atoms with van der Waals surface area (Å²) in [4.78, 5) is 0. The molecule has 4 nitrogen and oxygen atoms in total. The van der Waals surface area contributed by atoms with Crippen LogP contribution >= 0.6 is 0 Å². The monoisotopic (exact) mass is 183 g/mol. The Hall–Kier alpha value is -1.03. The molecule has 0 aromatic carbocycles. The summed E-state index contributed by atoms with van der Waals surface area (Å²) in [6, 6.07) is 0. The average Bonchev–Trinajstić information content (AvgIpc) is 2.30. The van der Waals surface area contributed by atoms with E-state index in [1.807, 2.05) is 31.6 Å². The highest BCUT2D eigenvalue weighted by molar-refractivity contribution is 5.35. The molecule has 13 heavy (non-hydrogen) atoms. The molecule has 1 rings (SSSR count). The lowest BCUT2D eigenvalue weighted by Gasteiger charge is -2.06. The van der Waals surface area contributed by atoms with Gasteiger partial charge >= 0.3 is 0 Å². The summed E-state index contributed by atoms with van der Waals surface area (Å²) in [5.74, 6) is 0.601. The Kier molecular flexibility index (Phi) is 3.31. The van der Waals surface area contributed by atoms with Gasteiger partial charge in [0.25, 0.3) is 0 Å². The average molecular weight is 183 g/mol. The van der Waals surface area contributed by atoms with Crippen LogP contribution in [0.2, 0.25) is 0 Å². The maximum absolute atomic E-state index is 5.60. The Morgan fingerprint density at radius 3 is 2.77 bits per heavy atom. The fourth-order valence-electron chi connectivity index (χ4n) is 1.03. The predicted molar refractivity (Wildman–Crippen MR) is 52.5 cm³/mol. The van der Waals surface area contributed by atoms with E-state index >= 15 is 0 Å². The van der Waals surface area contributed by atoms with Gasteiger partial charge in [-0.25, -0.2) is 0 Å². The van der Waals surface area contributed by atoms with Gasteiger partial charge in [0.2, 0.25) is 0 Å². The number of hydrogen-bond acceptors (Lipinski definition) is 3. The fourth-order valence-corrected chi connectivity index (χ4v) is 1.03. The third-order valence-corrected chi connectivity index (χ3v) is 1.75. The van der Waals surface area contributed by atoms with E-state index < -0.39 is 0 Å². The first-order chi connectivity index (χ1) is 6.09. The number of nitrogens with two attached hydrogens (primary N) is 1. The highest BCUT2D eigenvalue weighted by Crippen LogP contribution is 2.05. The molecular weight excluding hydrogens is 166 g/mol. The minimum absolute atomic E-state index is 0.272. The van der Waals surface area contributed by atoms with Crippen LogP contribution in [-0.2, 0) is 11.3 Å². The highest BCUT2D eigenvalue weighted by atomic mass is 16.5. The summed E-state index contributed by atoms with van der Waals surface area (Å²) in [6.07, 6.45) is 2.20. The summed E-state index contributed by atoms with van der Waals surface area (Å²) in [6.45, 7) is 7.42. The second-order valence-corrected chi connectivity index (χ2v) is 3.38. The lowest BCUT2D eigenvalue weighted by atomic mass is 10.4. The van der Waals surface area contributed by atoms with E-state index in [2.05, 4.69) is 5.10 Å². The van der Waals surface area contributed by atoms with Crippen LogP contribution in [0.5, 0.6) is 0 Å². The van der Waals surface area contributed by atoms with Crippen LogP contribution in [0.1, 0.15) is 19.4 Å². The van der Waals surface area contributed by atoms with Gasteiger partial charge in [-0.05, 0) is 20.8 Å². The molecule has 0 fully saturated rings. The zero-order valence-electron chi connectivity index (χ0n) is 8.45. The molecule has 0 saturated carbocycles. The van der Waals surface area contributed by atoms with E-state index in [1.165, 1.54) is 0 Å². The zero-order chi connectivity index (χ0) is 9.84. The standard InChI is InChI=1S/C9H17N3O/c1-7(2)13-5-4-12-6-8(3)9(10)11-12/h6-7H,4-5H2,1-3H3,(H2,10,11). The van der Waals surface area contributed by atoms with Crippen molar-refractivity contribution in [3.63, 3.8) is 0 Å².